The molecule has 2 heterocycles. The minimum absolute atomic E-state index is 0.0340. The molecule has 0 saturated heterocycles. The summed E-state index contributed by atoms with van der Waals surface area (Å²) in [6.45, 7) is 0.0399. The lowest BCUT2D eigenvalue weighted by atomic mass is 10.2. The summed E-state index contributed by atoms with van der Waals surface area (Å²) in [5.74, 6) is 0.715. The number of nitrogens with zero attached hydrogens (tertiary/aromatic N) is 3. The number of sulfonamides is 1. The Kier molecular flexibility index (Phi) is 5.43. The Morgan fingerprint density at radius 1 is 1.11 bits per heavy atom. The molecule has 0 spiro atoms. The van der Waals surface area contributed by atoms with Crippen molar-refractivity contribution in [2.45, 2.75) is 11.4 Å². The van der Waals surface area contributed by atoms with E-state index < -0.39 is 10.0 Å². The van der Waals surface area contributed by atoms with E-state index in [1.807, 2.05) is 18.2 Å². The number of hydrogen-bond acceptors (Lipinski definition) is 6. The average molecular weight is 388 g/mol. The van der Waals surface area contributed by atoms with Crippen molar-refractivity contribution in [1.82, 2.24) is 19.5 Å². The first-order chi connectivity index (χ1) is 12.9. The molecule has 0 aliphatic carbocycles. The Balaban J connectivity index is 1.81. The zero-order valence-electron chi connectivity index (χ0n) is 15.2. The van der Waals surface area contributed by atoms with Crippen molar-refractivity contribution in [3.63, 3.8) is 0 Å². The van der Waals surface area contributed by atoms with Gasteiger partial charge in [-0.1, -0.05) is 6.07 Å². The average Bonchev–Trinajstić information content (AvgIpc) is 3.07. The number of ether oxygens (including phenoxy) is 2. The fourth-order valence-electron chi connectivity index (χ4n) is 2.61. The summed E-state index contributed by atoms with van der Waals surface area (Å²) in [4.78, 5) is 4.32. The lowest BCUT2D eigenvalue weighted by molar-refractivity contribution is 0.386. The molecule has 1 aromatic carbocycles. The van der Waals surface area contributed by atoms with Crippen LogP contribution in [0.3, 0.4) is 0 Å². The van der Waals surface area contributed by atoms with Gasteiger partial charge in [-0.05, 0) is 30.3 Å². The first-order valence-electron chi connectivity index (χ1n) is 8.10. The van der Waals surface area contributed by atoms with Crippen molar-refractivity contribution < 1.29 is 17.9 Å². The van der Waals surface area contributed by atoms with E-state index in [4.69, 9.17) is 9.47 Å². The van der Waals surface area contributed by atoms with E-state index >= 15 is 0 Å². The summed E-state index contributed by atoms with van der Waals surface area (Å²) in [5.41, 5.74) is 2.14. The maximum atomic E-state index is 12.7. The Morgan fingerprint density at radius 3 is 2.59 bits per heavy atom. The van der Waals surface area contributed by atoms with Crippen LogP contribution in [0, 0.1) is 0 Å². The van der Waals surface area contributed by atoms with Gasteiger partial charge in [0.1, 0.15) is 16.4 Å². The SMILES string of the molecule is COc1ccc(S(=O)(=O)NCc2cc(-c3ccccn3)n(C)n2)c(OC)c1. The quantitative estimate of drug-likeness (QED) is 0.665. The molecule has 2 aromatic heterocycles. The van der Waals surface area contributed by atoms with Crippen LogP contribution in [0.1, 0.15) is 5.69 Å². The Morgan fingerprint density at radius 2 is 1.93 bits per heavy atom. The molecule has 9 heteroatoms. The molecule has 0 atom stereocenters. The molecule has 0 radical (unpaired) electrons. The van der Waals surface area contributed by atoms with E-state index in [-0.39, 0.29) is 17.2 Å². The predicted molar refractivity (Wildman–Crippen MR) is 100 cm³/mol. The zero-order valence-corrected chi connectivity index (χ0v) is 16.0. The third kappa shape index (κ3) is 4.09. The Labute approximate surface area is 157 Å². The molecule has 1 N–H and O–H groups in total. The van der Waals surface area contributed by atoms with Gasteiger partial charge in [-0.15, -0.1) is 0 Å². The third-order valence-corrected chi connectivity index (χ3v) is 5.40. The van der Waals surface area contributed by atoms with Crippen molar-refractivity contribution in [1.29, 1.82) is 0 Å². The van der Waals surface area contributed by atoms with Gasteiger partial charge >= 0.3 is 0 Å². The van der Waals surface area contributed by atoms with Gasteiger partial charge in [0, 0.05) is 19.3 Å². The highest BCUT2D eigenvalue weighted by molar-refractivity contribution is 7.89. The highest BCUT2D eigenvalue weighted by atomic mass is 32.2. The van der Waals surface area contributed by atoms with Gasteiger partial charge in [0.2, 0.25) is 10.0 Å². The largest absolute Gasteiger partial charge is 0.497 e. The molecule has 0 unspecified atom stereocenters. The number of benzene rings is 1. The topological polar surface area (TPSA) is 95.3 Å². The second kappa shape index (κ2) is 7.77. The highest BCUT2D eigenvalue weighted by Gasteiger charge is 2.20. The molecule has 0 bridgehead atoms. The van der Waals surface area contributed by atoms with E-state index in [1.54, 1.807) is 30.1 Å². The van der Waals surface area contributed by atoms with Gasteiger partial charge in [0.25, 0.3) is 0 Å². The number of aryl methyl sites for hydroxylation is 1. The third-order valence-electron chi connectivity index (χ3n) is 3.96. The number of nitrogens with one attached hydrogen (secondary N) is 1. The van der Waals surface area contributed by atoms with Crippen LogP contribution in [0.4, 0.5) is 0 Å². The van der Waals surface area contributed by atoms with Crippen LogP contribution in [0.15, 0.2) is 53.6 Å². The summed E-state index contributed by atoms with van der Waals surface area (Å²) < 4.78 is 39.8. The maximum absolute atomic E-state index is 12.7. The van der Waals surface area contributed by atoms with Gasteiger partial charge in [0.15, 0.2) is 0 Å². The minimum Gasteiger partial charge on any atom is -0.497 e. The van der Waals surface area contributed by atoms with Crippen LogP contribution in [-0.2, 0) is 23.6 Å². The van der Waals surface area contributed by atoms with Crippen molar-refractivity contribution in [3.8, 4) is 22.9 Å². The standard InChI is InChI=1S/C18H20N4O4S/c1-22-16(15-6-4-5-9-19-15)10-13(21-22)12-20-27(23,24)18-8-7-14(25-2)11-17(18)26-3/h4-11,20H,12H2,1-3H3. The molecule has 0 aliphatic heterocycles. The minimum atomic E-state index is -3.79. The monoisotopic (exact) mass is 388 g/mol. The van der Waals surface area contributed by atoms with E-state index in [2.05, 4.69) is 14.8 Å². The lowest BCUT2D eigenvalue weighted by Crippen LogP contribution is -2.24. The van der Waals surface area contributed by atoms with Crippen molar-refractivity contribution in [3.05, 3.63) is 54.4 Å². The first-order valence-corrected chi connectivity index (χ1v) is 9.59. The second-order valence-electron chi connectivity index (χ2n) is 5.70. The van der Waals surface area contributed by atoms with Crippen LogP contribution >= 0.6 is 0 Å². The predicted octanol–water partition coefficient (Wildman–Crippen LogP) is 1.98. The molecule has 27 heavy (non-hydrogen) atoms. The normalized spacial score (nSPS) is 11.4. The van der Waals surface area contributed by atoms with Gasteiger partial charge < -0.3 is 9.47 Å². The molecular weight excluding hydrogens is 368 g/mol. The summed E-state index contributed by atoms with van der Waals surface area (Å²) in [6.07, 6.45) is 1.70. The molecule has 0 amide bonds. The van der Waals surface area contributed by atoms with Crippen LogP contribution in [0.2, 0.25) is 0 Å². The van der Waals surface area contributed by atoms with Crippen LogP contribution in [0.25, 0.3) is 11.4 Å². The molecule has 3 rings (SSSR count). The number of pyridine rings is 1. The first kappa shape index (κ1) is 18.9. The summed E-state index contributed by atoms with van der Waals surface area (Å²) in [7, 11) is 0.906. The van der Waals surface area contributed by atoms with E-state index in [0.717, 1.165) is 11.4 Å². The molecule has 3 aromatic rings. The fourth-order valence-corrected chi connectivity index (χ4v) is 3.76. The summed E-state index contributed by atoms with van der Waals surface area (Å²) in [6, 6.07) is 11.9. The molecular formula is C18H20N4O4S. The van der Waals surface area contributed by atoms with Crippen molar-refractivity contribution in [2.24, 2.45) is 7.05 Å². The number of methoxy groups -OCH3 is 2. The van der Waals surface area contributed by atoms with Gasteiger partial charge in [-0.25, -0.2) is 13.1 Å². The molecule has 0 aliphatic rings. The van der Waals surface area contributed by atoms with E-state index in [9.17, 15) is 8.42 Å². The second-order valence-corrected chi connectivity index (χ2v) is 7.44. The van der Waals surface area contributed by atoms with Crippen LogP contribution in [0.5, 0.6) is 11.5 Å². The Bertz CT molecular complexity index is 1030. The van der Waals surface area contributed by atoms with Gasteiger partial charge in [-0.2, -0.15) is 5.10 Å². The summed E-state index contributed by atoms with van der Waals surface area (Å²) >= 11 is 0. The lowest BCUT2D eigenvalue weighted by Gasteiger charge is -2.11. The number of rotatable bonds is 7. The van der Waals surface area contributed by atoms with Crippen LogP contribution in [-0.4, -0.2) is 37.4 Å². The highest BCUT2D eigenvalue weighted by Crippen LogP contribution is 2.28. The van der Waals surface area contributed by atoms with Crippen molar-refractivity contribution in [2.75, 3.05) is 14.2 Å². The van der Waals surface area contributed by atoms with E-state index in [0.29, 0.717) is 11.4 Å². The number of hydrogen-bond donors (Lipinski definition) is 1. The smallest absolute Gasteiger partial charge is 0.244 e. The zero-order chi connectivity index (χ0) is 19.4. The Hall–Kier alpha value is -2.91. The molecule has 8 nitrogen and oxygen atoms in total. The van der Waals surface area contributed by atoms with Gasteiger partial charge in [0.05, 0.1) is 37.8 Å². The molecule has 0 saturated carbocycles. The molecule has 142 valence electrons. The summed E-state index contributed by atoms with van der Waals surface area (Å²) in [5, 5.41) is 4.35. The van der Waals surface area contributed by atoms with E-state index in [1.165, 1.54) is 26.4 Å². The fraction of sp³-hybridized carbons (Fsp3) is 0.222. The van der Waals surface area contributed by atoms with Crippen LogP contribution < -0.4 is 14.2 Å². The molecule has 0 fully saturated rings. The van der Waals surface area contributed by atoms with Gasteiger partial charge in [-0.3, -0.25) is 9.67 Å². The number of aromatic nitrogens is 3. The maximum Gasteiger partial charge on any atom is 0.244 e. The van der Waals surface area contributed by atoms with Crippen molar-refractivity contribution >= 4 is 10.0 Å².